The Morgan fingerprint density at radius 1 is 1.19 bits per heavy atom. The third-order valence-electron chi connectivity index (χ3n) is 5.81. The Hall–Kier alpha value is -2.20. The predicted octanol–water partition coefficient (Wildman–Crippen LogP) is 3.85. The maximum atomic E-state index is 12.9. The lowest BCUT2D eigenvalue weighted by Crippen LogP contribution is -2.34. The van der Waals surface area contributed by atoms with Crippen LogP contribution in [0.1, 0.15) is 40.7 Å². The van der Waals surface area contributed by atoms with Gasteiger partial charge in [0, 0.05) is 37.0 Å². The number of likely N-dealkylation sites (tertiary alicyclic amines) is 1. The minimum atomic E-state index is 0.158. The molecule has 2 fully saturated rings. The van der Waals surface area contributed by atoms with Gasteiger partial charge < -0.3 is 9.64 Å². The van der Waals surface area contributed by atoms with Crippen LogP contribution in [0.3, 0.4) is 0 Å². The number of ether oxygens (including phenoxy) is 1. The van der Waals surface area contributed by atoms with Crippen LogP contribution in [0.4, 0.5) is 0 Å². The molecule has 3 atom stereocenters. The average molecular weight is 350 g/mol. The van der Waals surface area contributed by atoms with Gasteiger partial charge in [0.15, 0.2) is 0 Å². The zero-order chi connectivity index (χ0) is 17.9. The molecule has 0 radical (unpaired) electrons. The van der Waals surface area contributed by atoms with Gasteiger partial charge in [-0.25, -0.2) is 0 Å². The van der Waals surface area contributed by atoms with Crippen LogP contribution in [-0.2, 0) is 11.3 Å². The number of aryl methyl sites for hydroxylation is 1. The number of hydrogen-bond donors (Lipinski definition) is 0. The third-order valence-corrected chi connectivity index (χ3v) is 5.81. The third kappa shape index (κ3) is 3.65. The summed E-state index contributed by atoms with van der Waals surface area (Å²) in [4.78, 5) is 19.1. The Bertz CT molecular complexity index is 744. The summed E-state index contributed by atoms with van der Waals surface area (Å²) < 4.78 is 6.25. The van der Waals surface area contributed by atoms with E-state index in [1.54, 1.807) is 6.20 Å². The Morgan fingerprint density at radius 2 is 2.04 bits per heavy atom. The Balaban J connectivity index is 1.40. The molecule has 0 unspecified atom stereocenters. The van der Waals surface area contributed by atoms with Crippen molar-refractivity contribution in [3.63, 3.8) is 0 Å². The summed E-state index contributed by atoms with van der Waals surface area (Å²) in [6, 6.07) is 11.9. The molecule has 1 saturated heterocycles. The van der Waals surface area contributed by atoms with Gasteiger partial charge in [-0.3, -0.25) is 9.78 Å². The quantitative estimate of drug-likeness (QED) is 0.841. The highest BCUT2D eigenvalue weighted by molar-refractivity contribution is 5.94. The van der Waals surface area contributed by atoms with E-state index in [1.165, 1.54) is 18.4 Å². The largest absolute Gasteiger partial charge is 0.373 e. The second-order valence-corrected chi connectivity index (χ2v) is 7.64. The topological polar surface area (TPSA) is 42.4 Å². The van der Waals surface area contributed by atoms with Gasteiger partial charge in [0.1, 0.15) is 0 Å². The minimum Gasteiger partial charge on any atom is -0.373 e. The summed E-state index contributed by atoms with van der Waals surface area (Å²) in [5.74, 6) is 1.18. The Kier molecular flexibility index (Phi) is 5.02. The zero-order valence-electron chi connectivity index (χ0n) is 15.3. The van der Waals surface area contributed by atoms with E-state index in [2.05, 4.69) is 11.1 Å². The molecule has 4 heteroatoms. The highest BCUT2D eigenvalue weighted by atomic mass is 16.5. The monoisotopic (exact) mass is 350 g/mol. The SMILES string of the molecule is Cc1ccc(C(=O)N2C[C@H]3CCC[C@@H](OCc4cccnc4)[C@H]3C2)cc1. The van der Waals surface area contributed by atoms with Gasteiger partial charge in [-0.15, -0.1) is 0 Å². The highest BCUT2D eigenvalue weighted by Crippen LogP contribution is 2.38. The number of benzene rings is 1. The first-order valence-electron chi connectivity index (χ1n) is 9.57. The first kappa shape index (κ1) is 17.2. The van der Waals surface area contributed by atoms with E-state index in [0.29, 0.717) is 18.4 Å². The second kappa shape index (κ2) is 7.58. The van der Waals surface area contributed by atoms with E-state index in [9.17, 15) is 4.79 Å². The van der Waals surface area contributed by atoms with Crippen LogP contribution in [0, 0.1) is 18.8 Å². The van der Waals surface area contributed by atoms with Crippen LogP contribution in [0.15, 0.2) is 48.8 Å². The zero-order valence-corrected chi connectivity index (χ0v) is 15.3. The van der Waals surface area contributed by atoms with Crippen LogP contribution >= 0.6 is 0 Å². The molecule has 2 heterocycles. The standard InChI is InChI=1S/C22H26N2O2/c1-16-7-9-18(10-8-16)22(25)24-13-19-5-2-6-21(20(19)14-24)26-15-17-4-3-11-23-12-17/h3-4,7-12,19-21H,2,5-6,13-15H2,1H3/t19-,20+,21-/m1/s1. The van der Waals surface area contributed by atoms with Crippen molar-refractivity contribution in [1.82, 2.24) is 9.88 Å². The maximum absolute atomic E-state index is 12.9. The number of pyridine rings is 1. The molecule has 136 valence electrons. The minimum absolute atomic E-state index is 0.158. The van der Waals surface area contributed by atoms with Crippen molar-refractivity contribution in [2.24, 2.45) is 11.8 Å². The summed E-state index contributed by atoms with van der Waals surface area (Å²) in [6.45, 7) is 4.33. The lowest BCUT2D eigenvalue weighted by Gasteiger charge is -2.32. The number of nitrogens with zero attached hydrogens (tertiary/aromatic N) is 2. The number of rotatable bonds is 4. The van der Waals surface area contributed by atoms with E-state index >= 15 is 0 Å². The number of aromatic nitrogens is 1. The molecule has 1 aromatic heterocycles. The maximum Gasteiger partial charge on any atom is 0.253 e. The number of carbonyl (C=O) groups excluding carboxylic acids is 1. The molecule has 4 rings (SSSR count). The molecule has 1 saturated carbocycles. The van der Waals surface area contributed by atoms with Gasteiger partial charge >= 0.3 is 0 Å². The molecule has 2 aromatic rings. The summed E-state index contributed by atoms with van der Waals surface area (Å²) in [5, 5.41) is 0. The summed E-state index contributed by atoms with van der Waals surface area (Å²) in [7, 11) is 0. The summed E-state index contributed by atoms with van der Waals surface area (Å²) >= 11 is 0. The first-order valence-corrected chi connectivity index (χ1v) is 9.57. The smallest absolute Gasteiger partial charge is 0.253 e. The van der Waals surface area contributed by atoms with Gasteiger partial charge in [0.05, 0.1) is 12.7 Å². The van der Waals surface area contributed by atoms with Gasteiger partial charge in [-0.05, 0) is 49.4 Å². The van der Waals surface area contributed by atoms with Crippen molar-refractivity contribution in [1.29, 1.82) is 0 Å². The van der Waals surface area contributed by atoms with E-state index in [-0.39, 0.29) is 12.0 Å². The van der Waals surface area contributed by atoms with E-state index < -0.39 is 0 Å². The molecule has 1 aliphatic heterocycles. The molecule has 0 N–H and O–H groups in total. The van der Waals surface area contributed by atoms with E-state index in [4.69, 9.17) is 4.74 Å². The van der Waals surface area contributed by atoms with Crippen LogP contribution in [-0.4, -0.2) is 35.0 Å². The Morgan fingerprint density at radius 3 is 2.81 bits per heavy atom. The van der Waals surface area contributed by atoms with Crippen LogP contribution in [0.5, 0.6) is 0 Å². The molecule has 1 amide bonds. The molecular weight excluding hydrogens is 324 g/mol. The van der Waals surface area contributed by atoms with Crippen molar-refractivity contribution in [2.45, 2.75) is 38.9 Å². The normalized spacial score (nSPS) is 25.1. The van der Waals surface area contributed by atoms with Gasteiger partial charge in [-0.1, -0.05) is 30.2 Å². The van der Waals surface area contributed by atoms with E-state index in [0.717, 1.165) is 30.6 Å². The summed E-state index contributed by atoms with van der Waals surface area (Å²) in [5.41, 5.74) is 3.09. The molecular formula is C22H26N2O2. The van der Waals surface area contributed by atoms with Gasteiger partial charge in [0.2, 0.25) is 0 Å². The lowest BCUT2D eigenvalue weighted by molar-refractivity contribution is -0.0293. The highest BCUT2D eigenvalue weighted by Gasteiger charge is 2.42. The average Bonchev–Trinajstić information content (AvgIpc) is 3.12. The lowest BCUT2D eigenvalue weighted by atomic mass is 9.79. The molecule has 2 aliphatic rings. The number of amides is 1. The Labute approximate surface area is 155 Å². The van der Waals surface area contributed by atoms with Crippen molar-refractivity contribution in [2.75, 3.05) is 13.1 Å². The molecule has 0 spiro atoms. The van der Waals surface area contributed by atoms with Gasteiger partial charge in [0.25, 0.3) is 5.91 Å². The second-order valence-electron chi connectivity index (χ2n) is 7.64. The predicted molar refractivity (Wildman–Crippen MR) is 101 cm³/mol. The van der Waals surface area contributed by atoms with Crippen molar-refractivity contribution >= 4 is 5.91 Å². The fourth-order valence-corrected chi connectivity index (χ4v) is 4.36. The molecule has 1 aliphatic carbocycles. The number of carbonyl (C=O) groups is 1. The first-order chi connectivity index (χ1) is 12.7. The van der Waals surface area contributed by atoms with Crippen LogP contribution in [0.25, 0.3) is 0 Å². The van der Waals surface area contributed by atoms with Crippen molar-refractivity contribution < 1.29 is 9.53 Å². The van der Waals surface area contributed by atoms with Gasteiger partial charge in [-0.2, -0.15) is 0 Å². The van der Waals surface area contributed by atoms with E-state index in [1.807, 2.05) is 48.4 Å². The van der Waals surface area contributed by atoms with Crippen LogP contribution in [0.2, 0.25) is 0 Å². The molecule has 1 aromatic carbocycles. The molecule has 0 bridgehead atoms. The van der Waals surface area contributed by atoms with Crippen LogP contribution < -0.4 is 0 Å². The van der Waals surface area contributed by atoms with Crippen molar-refractivity contribution in [3.8, 4) is 0 Å². The molecule has 4 nitrogen and oxygen atoms in total. The number of fused-ring (bicyclic) bond motifs is 1. The van der Waals surface area contributed by atoms with Crippen molar-refractivity contribution in [3.05, 3.63) is 65.5 Å². The fraction of sp³-hybridized carbons (Fsp3) is 0.455. The number of hydrogen-bond acceptors (Lipinski definition) is 3. The molecule has 26 heavy (non-hydrogen) atoms. The fourth-order valence-electron chi connectivity index (χ4n) is 4.36. The summed E-state index contributed by atoms with van der Waals surface area (Å²) in [6.07, 6.45) is 7.37.